The van der Waals surface area contributed by atoms with Gasteiger partial charge in [-0.05, 0) is 31.4 Å². The molecule has 0 amide bonds. The van der Waals surface area contributed by atoms with Crippen LogP contribution < -0.4 is 0 Å². The maximum absolute atomic E-state index is 9.26. The van der Waals surface area contributed by atoms with Crippen LogP contribution in [-0.2, 0) is 6.42 Å². The molecule has 0 radical (unpaired) electrons. The smallest absolute Gasteiger partial charge is 0.150 e. The Morgan fingerprint density at radius 3 is 2.78 bits per heavy atom. The Bertz CT molecular complexity index is 501. The zero-order chi connectivity index (χ0) is 13.1. The second-order valence-corrected chi connectivity index (χ2v) is 6.22. The third kappa shape index (κ3) is 2.82. The van der Waals surface area contributed by atoms with Gasteiger partial charge in [-0.3, -0.25) is 0 Å². The topological polar surface area (TPSA) is 38.0 Å². The first-order valence-corrected chi connectivity index (χ1v) is 7.16. The van der Waals surface area contributed by atoms with Gasteiger partial charge in [0.25, 0.3) is 0 Å². The van der Waals surface area contributed by atoms with Crippen molar-refractivity contribution in [2.24, 2.45) is 5.92 Å². The molecule has 4 heteroatoms. The van der Waals surface area contributed by atoms with Crippen LogP contribution in [0, 0.1) is 5.92 Å². The molecule has 18 heavy (non-hydrogen) atoms. The molecule has 0 bridgehead atoms. The Labute approximate surface area is 112 Å². The van der Waals surface area contributed by atoms with Crippen molar-refractivity contribution < 1.29 is 5.11 Å². The van der Waals surface area contributed by atoms with E-state index in [1.54, 1.807) is 17.5 Å². The molecular formula is C14H20N2OS. The summed E-state index contributed by atoms with van der Waals surface area (Å²) in [4.78, 5) is 6.98. The van der Waals surface area contributed by atoms with Crippen molar-refractivity contribution >= 4 is 11.3 Å². The molecule has 2 rings (SSSR count). The summed E-state index contributed by atoms with van der Waals surface area (Å²) in [5.74, 6) is 1.63. The number of aliphatic hydroxyl groups is 1. The highest BCUT2D eigenvalue weighted by Crippen LogP contribution is 2.29. The highest BCUT2D eigenvalue weighted by atomic mass is 32.1. The van der Waals surface area contributed by atoms with Gasteiger partial charge in [0.15, 0.2) is 0 Å². The van der Waals surface area contributed by atoms with Gasteiger partial charge < -0.3 is 9.67 Å². The van der Waals surface area contributed by atoms with Gasteiger partial charge in [0.1, 0.15) is 5.82 Å². The number of nitrogens with zero attached hydrogens (tertiary/aromatic N) is 2. The first-order valence-electron chi connectivity index (χ1n) is 6.34. The van der Waals surface area contributed by atoms with Gasteiger partial charge in [-0.25, -0.2) is 4.98 Å². The molecule has 0 saturated heterocycles. The van der Waals surface area contributed by atoms with Gasteiger partial charge in [0.2, 0.25) is 0 Å². The van der Waals surface area contributed by atoms with Gasteiger partial charge in [0.05, 0.1) is 17.5 Å². The van der Waals surface area contributed by atoms with Crippen LogP contribution in [0.4, 0.5) is 0 Å². The van der Waals surface area contributed by atoms with E-state index >= 15 is 0 Å². The molecule has 98 valence electrons. The van der Waals surface area contributed by atoms with E-state index in [0.29, 0.717) is 5.92 Å². The van der Waals surface area contributed by atoms with Gasteiger partial charge in [-0.2, -0.15) is 0 Å². The van der Waals surface area contributed by atoms with Crippen molar-refractivity contribution in [3.05, 3.63) is 29.4 Å². The van der Waals surface area contributed by atoms with Crippen LogP contribution >= 0.6 is 11.3 Å². The third-order valence-electron chi connectivity index (χ3n) is 2.90. The van der Waals surface area contributed by atoms with Crippen LogP contribution in [0.2, 0.25) is 0 Å². The summed E-state index contributed by atoms with van der Waals surface area (Å²) in [5, 5.41) is 9.26. The predicted octanol–water partition coefficient (Wildman–Crippen LogP) is 3.36. The Morgan fingerprint density at radius 2 is 2.11 bits per heavy atom. The monoisotopic (exact) mass is 264 g/mol. The Hall–Kier alpha value is -1.13. The molecule has 0 aromatic carbocycles. The molecule has 2 aromatic rings. The fraction of sp³-hybridized carbons (Fsp3) is 0.500. The van der Waals surface area contributed by atoms with Crippen LogP contribution in [0.5, 0.6) is 0 Å². The average molecular weight is 264 g/mol. The molecule has 1 atom stereocenters. The standard InChI is InChI=1S/C14H20N2OS/c1-10(2)8-12-4-5-13(18-12)14-15-6-7-16(14)11(3)9-17/h4-7,10-11,17H,8-9H2,1-3H3/t11-/m0/s1. The maximum Gasteiger partial charge on any atom is 0.150 e. The van der Waals surface area contributed by atoms with E-state index in [-0.39, 0.29) is 12.6 Å². The maximum atomic E-state index is 9.26. The first kappa shape index (κ1) is 13.3. The molecule has 0 aliphatic rings. The average Bonchev–Trinajstić information content (AvgIpc) is 2.94. The summed E-state index contributed by atoms with van der Waals surface area (Å²) in [6.07, 6.45) is 4.84. The number of rotatable bonds is 5. The summed E-state index contributed by atoms with van der Waals surface area (Å²) in [6, 6.07) is 4.38. The molecule has 0 aliphatic heterocycles. The lowest BCUT2D eigenvalue weighted by atomic mass is 10.1. The Kier molecular flexibility index (Phi) is 4.19. The molecule has 3 nitrogen and oxygen atoms in total. The molecule has 0 saturated carbocycles. The second kappa shape index (κ2) is 5.67. The number of aromatic nitrogens is 2. The normalized spacial score (nSPS) is 13.2. The summed E-state index contributed by atoms with van der Waals surface area (Å²) in [6.45, 7) is 6.59. The summed E-state index contributed by atoms with van der Waals surface area (Å²) < 4.78 is 2.03. The van der Waals surface area contributed by atoms with Crippen molar-refractivity contribution in [2.45, 2.75) is 33.2 Å². The number of thiophene rings is 1. The fourth-order valence-corrected chi connectivity index (χ4v) is 3.18. The fourth-order valence-electron chi connectivity index (χ4n) is 1.96. The predicted molar refractivity (Wildman–Crippen MR) is 75.9 cm³/mol. The highest BCUT2D eigenvalue weighted by molar-refractivity contribution is 7.15. The highest BCUT2D eigenvalue weighted by Gasteiger charge is 2.13. The van der Waals surface area contributed by atoms with E-state index < -0.39 is 0 Å². The molecule has 2 heterocycles. The van der Waals surface area contributed by atoms with Crippen molar-refractivity contribution in [1.29, 1.82) is 0 Å². The van der Waals surface area contributed by atoms with Crippen molar-refractivity contribution in [3.63, 3.8) is 0 Å². The second-order valence-electron chi connectivity index (χ2n) is 5.05. The van der Waals surface area contributed by atoms with Gasteiger partial charge in [0, 0.05) is 17.3 Å². The van der Waals surface area contributed by atoms with Gasteiger partial charge in [-0.15, -0.1) is 11.3 Å². The molecule has 2 aromatic heterocycles. The van der Waals surface area contributed by atoms with E-state index in [0.717, 1.165) is 12.2 Å². The molecule has 0 fully saturated rings. The summed E-state index contributed by atoms with van der Waals surface area (Å²) >= 11 is 1.80. The lowest BCUT2D eigenvalue weighted by Gasteiger charge is -2.12. The van der Waals surface area contributed by atoms with Crippen LogP contribution in [0.1, 0.15) is 31.7 Å². The third-order valence-corrected chi connectivity index (χ3v) is 4.00. The van der Waals surface area contributed by atoms with Crippen LogP contribution in [0.15, 0.2) is 24.5 Å². The Morgan fingerprint density at radius 1 is 1.33 bits per heavy atom. The summed E-state index contributed by atoms with van der Waals surface area (Å²) in [7, 11) is 0. The lowest BCUT2D eigenvalue weighted by Crippen LogP contribution is -2.09. The van der Waals surface area contributed by atoms with E-state index in [9.17, 15) is 5.11 Å². The summed E-state index contributed by atoms with van der Waals surface area (Å²) in [5.41, 5.74) is 0. The minimum Gasteiger partial charge on any atom is -0.394 e. The number of hydrogen-bond acceptors (Lipinski definition) is 3. The van der Waals surface area contributed by atoms with Crippen LogP contribution in [0.3, 0.4) is 0 Å². The van der Waals surface area contributed by atoms with E-state index in [1.165, 1.54) is 9.75 Å². The minimum absolute atomic E-state index is 0.0677. The Balaban J connectivity index is 2.26. The SMILES string of the molecule is CC(C)Cc1ccc(-c2nccn2[C@@H](C)CO)s1. The molecule has 0 aliphatic carbocycles. The van der Waals surface area contributed by atoms with E-state index in [4.69, 9.17) is 0 Å². The first-order chi connectivity index (χ1) is 8.61. The van der Waals surface area contributed by atoms with Crippen molar-refractivity contribution in [3.8, 4) is 10.7 Å². The van der Waals surface area contributed by atoms with Crippen LogP contribution in [-0.4, -0.2) is 21.3 Å². The van der Waals surface area contributed by atoms with E-state index in [1.807, 2.05) is 17.7 Å². The molecule has 0 unspecified atom stereocenters. The van der Waals surface area contributed by atoms with Gasteiger partial charge in [-0.1, -0.05) is 13.8 Å². The minimum atomic E-state index is 0.0677. The van der Waals surface area contributed by atoms with E-state index in [2.05, 4.69) is 31.0 Å². The van der Waals surface area contributed by atoms with Crippen molar-refractivity contribution in [1.82, 2.24) is 9.55 Å². The molecule has 1 N–H and O–H groups in total. The van der Waals surface area contributed by atoms with Crippen LogP contribution in [0.25, 0.3) is 10.7 Å². The largest absolute Gasteiger partial charge is 0.394 e. The van der Waals surface area contributed by atoms with Crippen molar-refractivity contribution in [2.75, 3.05) is 6.61 Å². The number of aliphatic hydroxyl groups excluding tert-OH is 1. The zero-order valence-electron chi connectivity index (χ0n) is 11.1. The zero-order valence-corrected chi connectivity index (χ0v) is 11.9. The van der Waals surface area contributed by atoms with Gasteiger partial charge >= 0.3 is 0 Å². The molecule has 0 spiro atoms. The lowest BCUT2D eigenvalue weighted by molar-refractivity contribution is 0.240. The molecular weight excluding hydrogens is 244 g/mol. The number of imidazole rings is 1. The number of hydrogen-bond donors (Lipinski definition) is 1. The quantitative estimate of drug-likeness (QED) is 0.899.